The Morgan fingerprint density at radius 2 is 2.23 bits per heavy atom. The third-order valence-corrected chi connectivity index (χ3v) is 2.26. The molecule has 0 N–H and O–H groups in total. The van der Waals surface area contributed by atoms with Gasteiger partial charge in [-0.2, -0.15) is 0 Å². The van der Waals surface area contributed by atoms with E-state index in [0.29, 0.717) is 6.54 Å². The zero-order valence-corrected chi connectivity index (χ0v) is 8.08. The third-order valence-electron chi connectivity index (χ3n) is 2.26. The lowest BCUT2D eigenvalue weighted by Crippen LogP contribution is -2.39. The van der Waals surface area contributed by atoms with E-state index in [2.05, 4.69) is 4.74 Å². The average molecular weight is 185 g/mol. The molecule has 0 spiro atoms. The van der Waals surface area contributed by atoms with Gasteiger partial charge in [0.15, 0.2) is 0 Å². The molecule has 74 valence electrons. The van der Waals surface area contributed by atoms with E-state index in [1.807, 2.05) is 4.90 Å². The topological polar surface area (TPSA) is 46.6 Å². The summed E-state index contributed by atoms with van der Waals surface area (Å²) in [5, 5.41) is 0. The smallest absolute Gasteiger partial charge is 0.323 e. The van der Waals surface area contributed by atoms with Crippen molar-refractivity contribution in [1.82, 2.24) is 4.90 Å². The zero-order chi connectivity index (χ0) is 9.84. The van der Waals surface area contributed by atoms with Crippen molar-refractivity contribution in [2.45, 2.75) is 25.8 Å². The highest BCUT2D eigenvalue weighted by molar-refractivity contribution is 5.80. The molecule has 1 rings (SSSR count). The monoisotopic (exact) mass is 185 g/mol. The zero-order valence-electron chi connectivity index (χ0n) is 8.08. The van der Waals surface area contributed by atoms with Crippen molar-refractivity contribution in [3.8, 4) is 0 Å². The van der Waals surface area contributed by atoms with Crippen LogP contribution >= 0.6 is 0 Å². The van der Waals surface area contributed by atoms with Gasteiger partial charge in [-0.25, -0.2) is 0 Å². The Labute approximate surface area is 77.8 Å². The molecule has 0 aliphatic carbocycles. The van der Waals surface area contributed by atoms with Crippen LogP contribution in [0.5, 0.6) is 0 Å². The molecule has 1 heterocycles. The highest BCUT2D eigenvalue weighted by Gasteiger charge is 2.31. The fourth-order valence-corrected chi connectivity index (χ4v) is 1.70. The van der Waals surface area contributed by atoms with Crippen LogP contribution < -0.4 is 0 Å². The van der Waals surface area contributed by atoms with Crippen LogP contribution in [0.2, 0.25) is 0 Å². The predicted molar refractivity (Wildman–Crippen MR) is 47.3 cm³/mol. The molecule has 1 saturated heterocycles. The number of hydrogen-bond donors (Lipinski definition) is 0. The van der Waals surface area contributed by atoms with Gasteiger partial charge in [0.25, 0.3) is 0 Å². The number of Topliss-reactive ketones (excluding diaryl/α,β-unsaturated/α-hetero) is 1. The molecular formula is C9H15NO3. The predicted octanol–water partition coefficient (Wildman–Crippen LogP) is 0.213. The van der Waals surface area contributed by atoms with Gasteiger partial charge in [0.05, 0.1) is 13.7 Å². The lowest BCUT2D eigenvalue weighted by molar-refractivity contribution is -0.146. The van der Waals surface area contributed by atoms with Crippen LogP contribution in [0.1, 0.15) is 19.8 Å². The molecule has 0 radical (unpaired) electrons. The third kappa shape index (κ3) is 2.52. The molecular weight excluding hydrogens is 170 g/mol. The van der Waals surface area contributed by atoms with E-state index < -0.39 is 0 Å². The van der Waals surface area contributed by atoms with Gasteiger partial charge in [-0.3, -0.25) is 14.5 Å². The maximum absolute atomic E-state index is 11.2. The van der Waals surface area contributed by atoms with Crippen molar-refractivity contribution in [3.05, 3.63) is 0 Å². The molecule has 0 bridgehead atoms. The molecule has 4 heteroatoms. The summed E-state index contributed by atoms with van der Waals surface area (Å²) >= 11 is 0. The number of esters is 1. The molecule has 13 heavy (non-hydrogen) atoms. The summed E-state index contributed by atoms with van der Waals surface area (Å²) in [4.78, 5) is 24.0. The Morgan fingerprint density at radius 3 is 2.77 bits per heavy atom. The lowest BCUT2D eigenvalue weighted by Gasteiger charge is -2.20. The van der Waals surface area contributed by atoms with E-state index in [0.717, 1.165) is 19.4 Å². The summed E-state index contributed by atoms with van der Waals surface area (Å²) in [6, 6.07) is -0.200. The largest absolute Gasteiger partial charge is 0.468 e. The number of likely N-dealkylation sites (tertiary alicyclic amines) is 1. The van der Waals surface area contributed by atoms with Crippen LogP contribution in [-0.2, 0) is 14.3 Å². The van der Waals surface area contributed by atoms with Gasteiger partial charge < -0.3 is 4.74 Å². The van der Waals surface area contributed by atoms with E-state index in [1.54, 1.807) is 0 Å². The molecule has 1 fully saturated rings. The fourth-order valence-electron chi connectivity index (χ4n) is 1.70. The summed E-state index contributed by atoms with van der Waals surface area (Å²) in [6.45, 7) is 2.71. The van der Waals surface area contributed by atoms with Crippen LogP contribution in [0, 0.1) is 0 Å². The molecule has 1 aliphatic heterocycles. The number of ketones is 1. The van der Waals surface area contributed by atoms with Crippen LogP contribution in [-0.4, -0.2) is 42.9 Å². The van der Waals surface area contributed by atoms with E-state index in [9.17, 15) is 9.59 Å². The Kier molecular flexibility index (Phi) is 3.42. The Bertz CT molecular complexity index is 215. The van der Waals surface area contributed by atoms with Crippen LogP contribution in [0.25, 0.3) is 0 Å². The van der Waals surface area contributed by atoms with Gasteiger partial charge in [-0.05, 0) is 26.3 Å². The SMILES string of the molecule is COC(=O)C1CCCN1CC(C)=O. The van der Waals surface area contributed by atoms with Crippen molar-refractivity contribution in [3.63, 3.8) is 0 Å². The van der Waals surface area contributed by atoms with Crippen LogP contribution in [0.3, 0.4) is 0 Å². The average Bonchev–Trinajstić information content (AvgIpc) is 2.50. The second-order valence-corrected chi connectivity index (χ2v) is 3.35. The second kappa shape index (κ2) is 4.37. The minimum atomic E-state index is -0.223. The summed E-state index contributed by atoms with van der Waals surface area (Å²) < 4.78 is 4.65. The molecule has 0 aromatic rings. The maximum Gasteiger partial charge on any atom is 0.323 e. The fraction of sp³-hybridized carbons (Fsp3) is 0.778. The summed E-state index contributed by atoms with van der Waals surface area (Å²) in [6.07, 6.45) is 1.77. The van der Waals surface area contributed by atoms with Crippen molar-refractivity contribution in [2.75, 3.05) is 20.2 Å². The number of carbonyl (C=O) groups excluding carboxylic acids is 2. The lowest BCUT2D eigenvalue weighted by atomic mass is 10.2. The molecule has 1 aliphatic rings. The van der Waals surface area contributed by atoms with Crippen LogP contribution in [0.15, 0.2) is 0 Å². The molecule has 0 aromatic carbocycles. The molecule has 1 atom stereocenters. The summed E-state index contributed by atoms with van der Waals surface area (Å²) in [7, 11) is 1.38. The number of rotatable bonds is 3. The normalized spacial score (nSPS) is 23.1. The standard InChI is InChI=1S/C9H15NO3/c1-7(11)6-10-5-3-4-8(10)9(12)13-2/h8H,3-6H2,1-2H3. The van der Waals surface area contributed by atoms with Gasteiger partial charge in [0.1, 0.15) is 11.8 Å². The first-order valence-corrected chi connectivity index (χ1v) is 4.46. The van der Waals surface area contributed by atoms with Crippen molar-refractivity contribution >= 4 is 11.8 Å². The Balaban J connectivity index is 2.53. The van der Waals surface area contributed by atoms with E-state index >= 15 is 0 Å². The van der Waals surface area contributed by atoms with Gasteiger partial charge in [-0.1, -0.05) is 0 Å². The number of methoxy groups -OCH3 is 1. The van der Waals surface area contributed by atoms with Crippen molar-refractivity contribution in [1.29, 1.82) is 0 Å². The molecule has 0 amide bonds. The first-order chi connectivity index (χ1) is 6.15. The minimum Gasteiger partial charge on any atom is -0.468 e. The Morgan fingerprint density at radius 1 is 1.54 bits per heavy atom. The number of hydrogen-bond acceptors (Lipinski definition) is 4. The highest BCUT2D eigenvalue weighted by atomic mass is 16.5. The molecule has 4 nitrogen and oxygen atoms in total. The second-order valence-electron chi connectivity index (χ2n) is 3.35. The van der Waals surface area contributed by atoms with Gasteiger partial charge in [0, 0.05) is 0 Å². The quantitative estimate of drug-likeness (QED) is 0.590. The minimum absolute atomic E-state index is 0.0933. The van der Waals surface area contributed by atoms with E-state index in [-0.39, 0.29) is 17.8 Å². The Hall–Kier alpha value is -0.900. The van der Waals surface area contributed by atoms with E-state index in [4.69, 9.17) is 0 Å². The van der Waals surface area contributed by atoms with Crippen molar-refractivity contribution < 1.29 is 14.3 Å². The highest BCUT2D eigenvalue weighted by Crippen LogP contribution is 2.17. The van der Waals surface area contributed by atoms with Crippen LogP contribution in [0.4, 0.5) is 0 Å². The number of ether oxygens (including phenoxy) is 1. The summed E-state index contributed by atoms with van der Waals surface area (Å²) in [5.41, 5.74) is 0. The maximum atomic E-state index is 11.2. The number of nitrogens with zero attached hydrogens (tertiary/aromatic N) is 1. The first kappa shape index (κ1) is 10.2. The molecule has 0 aromatic heterocycles. The first-order valence-electron chi connectivity index (χ1n) is 4.46. The van der Waals surface area contributed by atoms with Gasteiger partial charge in [0.2, 0.25) is 0 Å². The van der Waals surface area contributed by atoms with E-state index in [1.165, 1.54) is 14.0 Å². The molecule has 0 saturated carbocycles. The van der Waals surface area contributed by atoms with Crippen molar-refractivity contribution in [2.24, 2.45) is 0 Å². The summed E-state index contributed by atoms with van der Waals surface area (Å²) in [5.74, 6) is -0.130. The van der Waals surface area contributed by atoms with Gasteiger partial charge in [-0.15, -0.1) is 0 Å². The van der Waals surface area contributed by atoms with Gasteiger partial charge >= 0.3 is 5.97 Å². The molecule has 1 unspecified atom stereocenters. The number of carbonyl (C=O) groups is 2.